The maximum absolute atomic E-state index is 12.3. The van der Waals surface area contributed by atoms with E-state index in [2.05, 4.69) is 15.9 Å². The van der Waals surface area contributed by atoms with Crippen molar-refractivity contribution in [3.63, 3.8) is 0 Å². The number of halogens is 5. The topological polar surface area (TPSA) is 20.2 Å². The molecule has 0 aliphatic heterocycles. The molecule has 0 spiro atoms. The molecule has 1 nitrogen and oxygen atoms in total. The molecule has 0 radical (unpaired) electrons. The number of hydrogen-bond acceptors (Lipinski definition) is 1. The lowest BCUT2D eigenvalue weighted by atomic mass is 10.1. The normalized spacial score (nSPS) is 14.0. The van der Waals surface area contributed by atoms with Gasteiger partial charge in [0.2, 0.25) is 0 Å². The predicted molar refractivity (Wildman–Crippen MR) is 50.1 cm³/mol. The number of alkyl halides is 4. The Morgan fingerprint density at radius 3 is 2.33 bits per heavy atom. The SMILES string of the molecule is OC(CF)c1cc(Br)cc(C(F)(F)F)c1. The molecule has 0 aromatic heterocycles. The van der Waals surface area contributed by atoms with E-state index in [9.17, 15) is 17.6 Å². The van der Waals surface area contributed by atoms with Gasteiger partial charge in [0.15, 0.2) is 0 Å². The lowest BCUT2D eigenvalue weighted by Gasteiger charge is -2.12. The molecule has 0 bridgehead atoms. The van der Waals surface area contributed by atoms with Crippen molar-refractivity contribution < 1.29 is 22.7 Å². The largest absolute Gasteiger partial charge is 0.416 e. The highest BCUT2D eigenvalue weighted by atomic mass is 79.9. The zero-order valence-corrected chi connectivity index (χ0v) is 8.94. The third kappa shape index (κ3) is 3.17. The summed E-state index contributed by atoms with van der Waals surface area (Å²) < 4.78 is 49.2. The highest BCUT2D eigenvalue weighted by Gasteiger charge is 2.31. The van der Waals surface area contributed by atoms with Crippen LogP contribution in [0.1, 0.15) is 17.2 Å². The molecule has 1 atom stereocenters. The summed E-state index contributed by atoms with van der Waals surface area (Å²) in [6, 6.07) is 2.85. The monoisotopic (exact) mass is 286 g/mol. The highest BCUT2D eigenvalue weighted by Crippen LogP contribution is 2.33. The molecule has 0 fully saturated rings. The van der Waals surface area contributed by atoms with Crippen LogP contribution in [0, 0.1) is 0 Å². The zero-order chi connectivity index (χ0) is 11.6. The van der Waals surface area contributed by atoms with Gasteiger partial charge in [0.1, 0.15) is 12.8 Å². The second-order valence-corrected chi connectivity index (χ2v) is 3.86. The maximum atomic E-state index is 12.3. The Morgan fingerprint density at radius 2 is 1.87 bits per heavy atom. The first-order valence-corrected chi connectivity index (χ1v) is 4.75. The molecule has 0 aliphatic carbocycles. The van der Waals surface area contributed by atoms with Gasteiger partial charge >= 0.3 is 6.18 Å². The first kappa shape index (κ1) is 12.4. The molecule has 1 N–H and O–H groups in total. The van der Waals surface area contributed by atoms with Crippen LogP contribution in [-0.2, 0) is 6.18 Å². The number of hydrogen-bond donors (Lipinski definition) is 1. The smallest absolute Gasteiger partial charge is 0.386 e. The van der Waals surface area contributed by atoms with Crippen molar-refractivity contribution in [3.8, 4) is 0 Å². The standard InChI is InChI=1S/C9H7BrF4O/c10-7-2-5(8(15)4-11)1-6(3-7)9(12,13)14/h1-3,8,15H,4H2. The zero-order valence-electron chi connectivity index (χ0n) is 7.35. The van der Waals surface area contributed by atoms with Gasteiger partial charge in [0, 0.05) is 4.47 Å². The maximum Gasteiger partial charge on any atom is 0.416 e. The van der Waals surface area contributed by atoms with E-state index in [1.165, 1.54) is 6.07 Å². The van der Waals surface area contributed by atoms with Crippen LogP contribution in [-0.4, -0.2) is 11.8 Å². The van der Waals surface area contributed by atoms with Gasteiger partial charge in [0.25, 0.3) is 0 Å². The molecule has 15 heavy (non-hydrogen) atoms. The Morgan fingerprint density at radius 1 is 1.27 bits per heavy atom. The Hall–Kier alpha value is -0.620. The first-order valence-electron chi connectivity index (χ1n) is 3.96. The Balaban J connectivity index is 3.17. The van der Waals surface area contributed by atoms with Crippen molar-refractivity contribution in [1.82, 2.24) is 0 Å². The first-order chi connectivity index (χ1) is 6.84. The Labute approximate surface area is 91.9 Å². The average Bonchev–Trinajstić information content (AvgIpc) is 2.14. The molecular formula is C9H7BrF4O. The van der Waals surface area contributed by atoms with Crippen LogP contribution >= 0.6 is 15.9 Å². The van der Waals surface area contributed by atoms with Crippen LogP contribution in [0.2, 0.25) is 0 Å². The van der Waals surface area contributed by atoms with Crippen molar-refractivity contribution in [1.29, 1.82) is 0 Å². The summed E-state index contributed by atoms with van der Waals surface area (Å²) in [5, 5.41) is 9.08. The molecule has 0 heterocycles. The van der Waals surface area contributed by atoms with Gasteiger partial charge in [-0.3, -0.25) is 0 Å². The third-order valence-corrected chi connectivity index (χ3v) is 2.24. The summed E-state index contributed by atoms with van der Waals surface area (Å²) in [7, 11) is 0. The van der Waals surface area contributed by atoms with E-state index in [1.54, 1.807) is 0 Å². The molecule has 1 unspecified atom stereocenters. The molecule has 6 heteroatoms. The minimum atomic E-state index is -4.51. The van der Waals surface area contributed by atoms with Crippen LogP contribution in [0.15, 0.2) is 22.7 Å². The van der Waals surface area contributed by atoms with Gasteiger partial charge in [0.05, 0.1) is 5.56 Å². The van der Waals surface area contributed by atoms with Crippen molar-refractivity contribution in [3.05, 3.63) is 33.8 Å². The third-order valence-electron chi connectivity index (χ3n) is 1.78. The molecule has 1 rings (SSSR count). The fourth-order valence-electron chi connectivity index (χ4n) is 1.06. The van der Waals surface area contributed by atoms with E-state index in [-0.39, 0.29) is 10.0 Å². The summed E-state index contributed by atoms with van der Waals surface area (Å²) in [5.74, 6) is 0. The van der Waals surface area contributed by atoms with Crippen LogP contribution in [0.4, 0.5) is 17.6 Å². The van der Waals surface area contributed by atoms with Gasteiger partial charge in [-0.15, -0.1) is 0 Å². The van der Waals surface area contributed by atoms with Crippen LogP contribution in [0.25, 0.3) is 0 Å². The number of rotatable bonds is 2. The fraction of sp³-hybridized carbons (Fsp3) is 0.333. The van der Waals surface area contributed by atoms with Gasteiger partial charge < -0.3 is 5.11 Å². The Kier molecular flexibility index (Phi) is 3.72. The van der Waals surface area contributed by atoms with E-state index in [4.69, 9.17) is 5.11 Å². The average molecular weight is 287 g/mol. The number of aliphatic hydroxyl groups excluding tert-OH is 1. The fourth-order valence-corrected chi connectivity index (χ4v) is 1.57. The van der Waals surface area contributed by atoms with Crippen molar-refractivity contribution in [2.45, 2.75) is 12.3 Å². The second-order valence-electron chi connectivity index (χ2n) is 2.94. The lowest BCUT2D eigenvalue weighted by Crippen LogP contribution is -2.08. The van der Waals surface area contributed by atoms with E-state index in [1.807, 2.05) is 0 Å². The van der Waals surface area contributed by atoms with Gasteiger partial charge in [-0.25, -0.2) is 4.39 Å². The lowest BCUT2D eigenvalue weighted by molar-refractivity contribution is -0.137. The molecule has 1 aromatic carbocycles. The molecule has 84 valence electrons. The quantitative estimate of drug-likeness (QED) is 0.826. The summed E-state index contributed by atoms with van der Waals surface area (Å²) >= 11 is 2.87. The molecule has 0 aliphatic rings. The second kappa shape index (κ2) is 4.49. The minimum Gasteiger partial charge on any atom is -0.386 e. The van der Waals surface area contributed by atoms with Crippen molar-refractivity contribution in [2.75, 3.05) is 6.67 Å². The van der Waals surface area contributed by atoms with E-state index in [0.29, 0.717) is 0 Å². The van der Waals surface area contributed by atoms with E-state index < -0.39 is 24.5 Å². The van der Waals surface area contributed by atoms with E-state index in [0.717, 1.165) is 12.1 Å². The predicted octanol–water partition coefficient (Wildman–Crippen LogP) is 3.47. The van der Waals surface area contributed by atoms with Crippen molar-refractivity contribution >= 4 is 15.9 Å². The van der Waals surface area contributed by atoms with Crippen LogP contribution in [0.5, 0.6) is 0 Å². The number of aliphatic hydroxyl groups is 1. The summed E-state index contributed by atoms with van der Waals surface area (Å²) in [6.45, 7) is -1.12. The molecular weight excluding hydrogens is 280 g/mol. The minimum absolute atomic E-state index is 0.0980. The van der Waals surface area contributed by atoms with Gasteiger partial charge in [-0.1, -0.05) is 15.9 Å². The molecule has 1 aromatic rings. The number of benzene rings is 1. The van der Waals surface area contributed by atoms with Crippen LogP contribution < -0.4 is 0 Å². The molecule has 0 amide bonds. The summed E-state index contributed by atoms with van der Waals surface area (Å²) in [5.41, 5.74) is -1.02. The van der Waals surface area contributed by atoms with E-state index >= 15 is 0 Å². The molecule has 0 saturated heterocycles. The van der Waals surface area contributed by atoms with Crippen LogP contribution in [0.3, 0.4) is 0 Å². The van der Waals surface area contributed by atoms with Gasteiger partial charge in [-0.05, 0) is 23.8 Å². The molecule has 0 saturated carbocycles. The highest BCUT2D eigenvalue weighted by molar-refractivity contribution is 9.10. The Bertz CT molecular complexity index is 350. The summed E-state index contributed by atoms with van der Waals surface area (Å²) in [6.07, 6.45) is -6.03. The van der Waals surface area contributed by atoms with Gasteiger partial charge in [-0.2, -0.15) is 13.2 Å². The summed E-state index contributed by atoms with van der Waals surface area (Å²) in [4.78, 5) is 0. The van der Waals surface area contributed by atoms with Crippen molar-refractivity contribution in [2.24, 2.45) is 0 Å².